The normalized spacial score (nSPS) is 17.1. The molecule has 0 aromatic heterocycles. The van der Waals surface area contributed by atoms with Gasteiger partial charge in [-0.15, -0.1) is 0 Å². The highest BCUT2D eigenvalue weighted by molar-refractivity contribution is 5.83. The van der Waals surface area contributed by atoms with E-state index in [1.807, 2.05) is 0 Å². The third-order valence-corrected chi connectivity index (χ3v) is 2.88. The molecule has 0 saturated heterocycles. The number of nitrogens with one attached hydrogen (secondary N) is 1. The lowest BCUT2D eigenvalue weighted by Crippen LogP contribution is -2.42. The number of amides is 1. The molecule has 0 radical (unpaired) electrons. The van der Waals surface area contributed by atoms with E-state index in [-0.39, 0.29) is 5.91 Å². The molecule has 1 heterocycles. The first-order valence-electron chi connectivity index (χ1n) is 6.38. The first-order valence-corrected chi connectivity index (χ1v) is 6.38. The number of unbranched alkanes of at least 4 members (excludes halogenated alkanes) is 1. The summed E-state index contributed by atoms with van der Waals surface area (Å²) in [6.07, 6.45) is 7.62. The largest absolute Gasteiger partial charge is 0.381 e. The molecule has 0 aliphatic carbocycles. The van der Waals surface area contributed by atoms with Gasteiger partial charge in [-0.05, 0) is 39.7 Å². The average molecular weight is 240 g/mol. The van der Waals surface area contributed by atoms with E-state index in [2.05, 4.69) is 22.4 Å². The number of aliphatic hydroxyl groups is 1. The Morgan fingerprint density at radius 1 is 1.41 bits per heavy atom. The highest BCUT2D eigenvalue weighted by Gasteiger charge is 2.22. The zero-order chi connectivity index (χ0) is 12.7. The first kappa shape index (κ1) is 14.2. The van der Waals surface area contributed by atoms with Crippen LogP contribution in [0.4, 0.5) is 0 Å². The second kappa shape index (κ2) is 6.77. The molecule has 1 aliphatic heterocycles. The number of rotatable bonds is 6. The zero-order valence-corrected chi connectivity index (χ0v) is 10.9. The van der Waals surface area contributed by atoms with Crippen LogP contribution in [0, 0.1) is 0 Å². The van der Waals surface area contributed by atoms with Crippen molar-refractivity contribution >= 4 is 5.91 Å². The summed E-state index contributed by atoms with van der Waals surface area (Å²) in [6, 6.07) is 0. The van der Waals surface area contributed by atoms with Crippen molar-refractivity contribution < 1.29 is 9.90 Å². The first-order chi connectivity index (χ1) is 8.00. The van der Waals surface area contributed by atoms with Crippen molar-refractivity contribution in [1.82, 2.24) is 10.2 Å². The van der Waals surface area contributed by atoms with Crippen LogP contribution < -0.4 is 5.32 Å². The van der Waals surface area contributed by atoms with E-state index in [9.17, 15) is 9.90 Å². The van der Waals surface area contributed by atoms with Crippen LogP contribution in [0.5, 0.6) is 0 Å². The molecule has 1 aliphatic rings. The minimum Gasteiger partial charge on any atom is -0.381 e. The summed E-state index contributed by atoms with van der Waals surface area (Å²) in [5.74, 6) is -0.293. The van der Waals surface area contributed by atoms with E-state index >= 15 is 0 Å². The van der Waals surface area contributed by atoms with Crippen LogP contribution in [-0.2, 0) is 4.79 Å². The van der Waals surface area contributed by atoms with Crippen molar-refractivity contribution in [2.24, 2.45) is 0 Å². The van der Waals surface area contributed by atoms with Gasteiger partial charge in [0.1, 0.15) is 5.60 Å². The predicted molar refractivity (Wildman–Crippen MR) is 68.7 cm³/mol. The van der Waals surface area contributed by atoms with Gasteiger partial charge in [-0.1, -0.05) is 12.2 Å². The third-order valence-electron chi connectivity index (χ3n) is 2.88. The number of hydrogen-bond acceptors (Lipinski definition) is 3. The van der Waals surface area contributed by atoms with Gasteiger partial charge < -0.3 is 10.4 Å². The molecule has 98 valence electrons. The molecular formula is C13H24N2O2. The Morgan fingerprint density at radius 2 is 2.18 bits per heavy atom. The van der Waals surface area contributed by atoms with E-state index in [4.69, 9.17) is 0 Å². The van der Waals surface area contributed by atoms with Gasteiger partial charge in [0.15, 0.2) is 0 Å². The quantitative estimate of drug-likeness (QED) is 0.536. The number of nitrogens with zero attached hydrogens (tertiary/aromatic N) is 1. The van der Waals surface area contributed by atoms with Crippen molar-refractivity contribution in [3.63, 3.8) is 0 Å². The van der Waals surface area contributed by atoms with E-state index < -0.39 is 5.60 Å². The van der Waals surface area contributed by atoms with Crippen LogP contribution in [0.25, 0.3) is 0 Å². The molecule has 4 heteroatoms. The van der Waals surface area contributed by atoms with E-state index in [0.717, 1.165) is 38.9 Å². The molecule has 0 saturated carbocycles. The summed E-state index contributed by atoms with van der Waals surface area (Å²) < 4.78 is 0. The zero-order valence-electron chi connectivity index (χ0n) is 10.9. The topological polar surface area (TPSA) is 52.6 Å². The maximum absolute atomic E-state index is 11.3. The number of carbonyl (C=O) groups excluding carboxylic acids is 1. The summed E-state index contributed by atoms with van der Waals surface area (Å²) >= 11 is 0. The Kier molecular flexibility index (Phi) is 5.65. The summed E-state index contributed by atoms with van der Waals surface area (Å²) in [5.41, 5.74) is -1.27. The molecule has 1 rings (SSSR count). The van der Waals surface area contributed by atoms with Crippen molar-refractivity contribution in [3.05, 3.63) is 12.2 Å². The molecule has 1 amide bonds. The van der Waals surface area contributed by atoms with E-state index in [1.54, 1.807) is 0 Å². The molecule has 4 nitrogen and oxygen atoms in total. The van der Waals surface area contributed by atoms with Crippen molar-refractivity contribution in [1.29, 1.82) is 0 Å². The summed E-state index contributed by atoms with van der Waals surface area (Å²) in [5, 5.41) is 12.2. The van der Waals surface area contributed by atoms with Gasteiger partial charge in [0.05, 0.1) is 0 Å². The predicted octanol–water partition coefficient (Wildman–Crippen LogP) is 0.916. The van der Waals surface area contributed by atoms with Crippen LogP contribution in [0.1, 0.15) is 33.1 Å². The van der Waals surface area contributed by atoms with Gasteiger partial charge in [-0.3, -0.25) is 9.69 Å². The number of carbonyl (C=O) groups is 1. The fourth-order valence-electron chi connectivity index (χ4n) is 1.77. The van der Waals surface area contributed by atoms with Gasteiger partial charge in [0.2, 0.25) is 0 Å². The monoisotopic (exact) mass is 240 g/mol. The smallest absolute Gasteiger partial charge is 0.251 e. The molecule has 0 aromatic carbocycles. The molecule has 2 N–H and O–H groups in total. The van der Waals surface area contributed by atoms with Gasteiger partial charge in [-0.2, -0.15) is 0 Å². The lowest BCUT2D eigenvalue weighted by atomic mass is 10.1. The Balaban J connectivity index is 2.01. The van der Waals surface area contributed by atoms with E-state index in [0.29, 0.717) is 6.54 Å². The molecule has 0 unspecified atom stereocenters. The highest BCUT2D eigenvalue weighted by atomic mass is 16.3. The average Bonchev–Trinajstić information content (AvgIpc) is 2.28. The molecule has 17 heavy (non-hydrogen) atoms. The van der Waals surface area contributed by atoms with Gasteiger partial charge in [0.25, 0.3) is 5.91 Å². The lowest BCUT2D eigenvalue weighted by molar-refractivity contribution is -0.136. The van der Waals surface area contributed by atoms with Gasteiger partial charge >= 0.3 is 0 Å². The lowest BCUT2D eigenvalue weighted by Gasteiger charge is -2.23. The van der Waals surface area contributed by atoms with Crippen molar-refractivity contribution in [2.45, 2.75) is 38.7 Å². The standard InChI is InChI=1S/C13H24N2O2/c1-13(2,17)12(16)14-8-4-7-11-15-9-5-3-6-10-15/h3,5,17H,4,6-11H2,1-2H3,(H,14,16). The summed E-state index contributed by atoms with van der Waals surface area (Å²) in [6.45, 7) is 6.93. The second-order valence-corrected chi connectivity index (χ2v) is 5.08. The van der Waals surface area contributed by atoms with Gasteiger partial charge in [-0.25, -0.2) is 0 Å². The minimum absolute atomic E-state index is 0.293. The Bertz CT molecular complexity index is 269. The Hall–Kier alpha value is -0.870. The van der Waals surface area contributed by atoms with Crippen molar-refractivity contribution in [2.75, 3.05) is 26.2 Å². The maximum Gasteiger partial charge on any atom is 0.251 e. The van der Waals surface area contributed by atoms with Crippen LogP contribution in [0.2, 0.25) is 0 Å². The third kappa shape index (κ3) is 5.84. The molecular weight excluding hydrogens is 216 g/mol. The molecule has 0 atom stereocenters. The molecule has 0 fully saturated rings. The SMILES string of the molecule is CC(C)(O)C(=O)NCCCCN1CC=CCC1. The van der Waals surface area contributed by atoms with Crippen LogP contribution in [0.15, 0.2) is 12.2 Å². The molecule has 0 bridgehead atoms. The molecule has 0 spiro atoms. The maximum atomic E-state index is 11.3. The number of hydrogen-bond donors (Lipinski definition) is 2. The summed E-state index contributed by atoms with van der Waals surface area (Å²) in [4.78, 5) is 13.8. The van der Waals surface area contributed by atoms with Crippen LogP contribution >= 0.6 is 0 Å². The minimum atomic E-state index is -1.27. The van der Waals surface area contributed by atoms with Crippen LogP contribution in [-0.4, -0.2) is 47.7 Å². The van der Waals surface area contributed by atoms with Gasteiger partial charge in [0, 0.05) is 19.6 Å². The van der Waals surface area contributed by atoms with Crippen molar-refractivity contribution in [3.8, 4) is 0 Å². The fourth-order valence-corrected chi connectivity index (χ4v) is 1.77. The highest BCUT2D eigenvalue weighted by Crippen LogP contribution is 2.03. The second-order valence-electron chi connectivity index (χ2n) is 5.08. The Morgan fingerprint density at radius 3 is 2.76 bits per heavy atom. The van der Waals surface area contributed by atoms with E-state index in [1.165, 1.54) is 13.8 Å². The molecule has 0 aromatic rings. The fraction of sp³-hybridized carbons (Fsp3) is 0.769. The summed E-state index contributed by atoms with van der Waals surface area (Å²) in [7, 11) is 0. The Labute approximate surface area is 104 Å². The van der Waals surface area contributed by atoms with Crippen LogP contribution in [0.3, 0.4) is 0 Å².